The standard InChI is InChI=1S/C11H12N4O2S/c1-6-14-15-10(17-6)7-3-4-9(16-2)8(5-7)13-11(12)18/h3-5H,1-2H3,(H3,12,13,18). The summed E-state index contributed by atoms with van der Waals surface area (Å²) in [6.07, 6.45) is 0. The number of nitrogens with two attached hydrogens (primary N) is 1. The van der Waals surface area contributed by atoms with Gasteiger partial charge in [-0.25, -0.2) is 0 Å². The van der Waals surface area contributed by atoms with Crippen LogP contribution in [0, 0.1) is 6.92 Å². The Kier molecular flexibility index (Phi) is 3.42. The number of anilines is 1. The fourth-order valence-corrected chi connectivity index (χ4v) is 1.59. The Hall–Kier alpha value is -2.15. The van der Waals surface area contributed by atoms with E-state index in [1.54, 1.807) is 26.2 Å². The summed E-state index contributed by atoms with van der Waals surface area (Å²) in [6.45, 7) is 1.73. The van der Waals surface area contributed by atoms with Crippen LogP contribution in [-0.4, -0.2) is 22.4 Å². The predicted octanol–water partition coefficient (Wildman–Crippen LogP) is 1.71. The molecule has 0 aliphatic carbocycles. The third-order valence-electron chi connectivity index (χ3n) is 2.23. The van der Waals surface area contributed by atoms with Crippen LogP contribution in [0.1, 0.15) is 5.89 Å². The molecule has 0 unspecified atom stereocenters. The van der Waals surface area contributed by atoms with Crippen LogP contribution in [0.3, 0.4) is 0 Å². The second-order valence-corrected chi connectivity index (χ2v) is 3.97. The Bertz CT molecular complexity index is 582. The quantitative estimate of drug-likeness (QED) is 0.816. The summed E-state index contributed by atoms with van der Waals surface area (Å²) in [7, 11) is 1.57. The van der Waals surface area contributed by atoms with E-state index in [1.165, 1.54) is 0 Å². The Balaban J connectivity index is 2.41. The summed E-state index contributed by atoms with van der Waals surface area (Å²) in [4.78, 5) is 0. The number of benzene rings is 1. The summed E-state index contributed by atoms with van der Waals surface area (Å²) < 4.78 is 10.5. The molecule has 0 bridgehead atoms. The molecular formula is C11H12N4O2S. The number of ether oxygens (including phenoxy) is 1. The van der Waals surface area contributed by atoms with Crippen LogP contribution in [0.4, 0.5) is 5.69 Å². The highest BCUT2D eigenvalue weighted by Gasteiger charge is 2.10. The van der Waals surface area contributed by atoms with E-state index in [-0.39, 0.29) is 5.11 Å². The highest BCUT2D eigenvalue weighted by Crippen LogP contribution is 2.29. The SMILES string of the molecule is COc1ccc(-c2nnc(C)o2)cc1NC(N)=S. The lowest BCUT2D eigenvalue weighted by Crippen LogP contribution is -2.19. The lowest BCUT2D eigenvalue weighted by Gasteiger charge is -2.10. The van der Waals surface area contributed by atoms with E-state index >= 15 is 0 Å². The molecule has 1 heterocycles. The van der Waals surface area contributed by atoms with Gasteiger partial charge >= 0.3 is 0 Å². The van der Waals surface area contributed by atoms with E-state index in [1.807, 2.05) is 6.07 Å². The molecule has 18 heavy (non-hydrogen) atoms. The van der Waals surface area contributed by atoms with Crippen molar-refractivity contribution in [3.05, 3.63) is 24.1 Å². The topological polar surface area (TPSA) is 86.2 Å². The van der Waals surface area contributed by atoms with Crippen LogP contribution in [0.25, 0.3) is 11.5 Å². The molecule has 7 heteroatoms. The van der Waals surface area contributed by atoms with Crippen molar-refractivity contribution in [1.82, 2.24) is 10.2 Å². The van der Waals surface area contributed by atoms with Crippen LogP contribution in [0.5, 0.6) is 5.75 Å². The van der Waals surface area contributed by atoms with E-state index in [0.29, 0.717) is 23.2 Å². The molecule has 0 fully saturated rings. The van der Waals surface area contributed by atoms with Gasteiger partial charge in [-0.3, -0.25) is 0 Å². The van der Waals surface area contributed by atoms with Crippen molar-refractivity contribution in [3.63, 3.8) is 0 Å². The maximum absolute atomic E-state index is 5.45. The van der Waals surface area contributed by atoms with Gasteiger partial charge in [0, 0.05) is 12.5 Å². The second kappa shape index (κ2) is 5.01. The highest BCUT2D eigenvalue weighted by molar-refractivity contribution is 7.80. The Morgan fingerprint density at radius 1 is 1.44 bits per heavy atom. The number of hydrogen-bond acceptors (Lipinski definition) is 5. The molecule has 6 nitrogen and oxygen atoms in total. The molecule has 0 amide bonds. The van der Waals surface area contributed by atoms with Gasteiger partial charge in [0.05, 0.1) is 12.8 Å². The van der Waals surface area contributed by atoms with E-state index in [4.69, 9.17) is 27.1 Å². The first kappa shape index (κ1) is 12.3. The van der Waals surface area contributed by atoms with Crippen LogP contribution in [0.15, 0.2) is 22.6 Å². The third-order valence-corrected chi connectivity index (χ3v) is 2.33. The second-order valence-electron chi connectivity index (χ2n) is 3.53. The number of thiocarbonyl (C=S) groups is 1. The Morgan fingerprint density at radius 2 is 2.22 bits per heavy atom. The first-order chi connectivity index (χ1) is 8.60. The molecular weight excluding hydrogens is 252 g/mol. The van der Waals surface area contributed by atoms with Gasteiger partial charge in [0.15, 0.2) is 5.11 Å². The molecule has 0 saturated carbocycles. The Morgan fingerprint density at radius 3 is 2.78 bits per heavy atom. The maximum Gasteiger partial charge on any atom is 0.247 e. The average Bonchev–Trinajstić information content (AvgIpc) is 2.75. The van der Waals surface area contributed by atoms with Crippen LogP contribution in [0.2, 0.25) is 0 Å². The minimum absolute atomic E-state index is 0.159. The fraction of sp³-hybridized carbons (Fsp3) is 0.182. The number of methoxy groups -OCH3 is 1. The number of aromatic nitrogens is 2. The van der Waals surface area contributed by atoms with E-state index in [9.17, 15) is 0 Å². The van der Waals surface area contributed by atoms with Crippen molar-refractivity contribution < 1.29 is 9.15 Å². The zero-order chi connectivity index (χ0) is 13.1. The molecule has 0 spiro atoms. The van der Waals surface area contributed by atoms with E-state index in [0.717, 1.165) is 5.56 Å². The third kappa shape index (κ3) is 2.57. The number of hydrogen-bond donors (Lipinski definition) is 2. The number of aryl methyl sites for hydroxylation is 1. The van der Waals surface area contributed by atoms with Gasteiger partial charge in [-0.05, 0) is 30.4 Å². The minimum Gasteiger partial charge on any atom is -0.495 e. The van der Waals surface area contributed by atoms with E-state index in [2.05, 4.69) is 15.5 Å². The molecule has 2 aromatic rings. The van der Waals surface area contributed by atoms with Crippen LogP contribution < -0.4 is 15.8 Å². The van der Waals surface area contributed by atoms with E-state index < -0.39 is 0 Å². The van der Waals surface area contributed by atoms with Crippen molar-refractivity contribution in [3.8, 4) is 17.2 Å². The van der Waals surface area contributed by atoms with Crippen LogP contribution in [-0.2, 0) is 0 Å². The van der Waals surface area contributed by atoms with Gasteiger partial charge in [0.2, 0.25) is 11.8 Å². The van der Waals surface area contributed by atoms with Gasteiger partial charge in [0.25, 0.3) is 0 Å². The van der Waals surface area contributed by atoms with Gasteiger partial charge < -0.3 is 20.2 Å². The zero-order valence-corrected chi connectivity index (χ0v) is 10.7. The molecule has 94 valence electrons. The average molecular weight is 264 g/mol. The van der Waals surface area contributed by atoms with Crippen molar-refractivity contribution in [2.24, 2.45) is 5.73 Å². The molecule has 0 atom stereocenters. The number of nitrogens with one attached hydrogen (secondary N) is 1. The first-order valence-electron chi connectivity index (χ1n) is 5.15. The molecule has 0 aliphatic heterocycles. The largest absolute Gasteiger partial charge is 0.495 e. The highest BCUT2D eigenvalue weighted by atomic mass is 32.1. The number of nitrogens with zero attached hydrogens (tertiary/aromatic N) is 2. The van der Waals surface area contributed by atoms with Gasteiger partial charge in [-0.1, -0.05) is 0 Å². The van der Waals surface area contributed by atoms with Crippen LogP contribution >= 0.6 is 12.2 Å². The van der Waals surface area contributed by atoms with Gasteiger partial charge in [-0.15, -0.1) is 10.2 Å². The smallest absolute Gasteiger partial charge is 0.247 e. The van der Waals surface area contributed by atoms with Gasteiger partial charge in [-0.2, -0.15) is 0 Å². The molecule has 0 saturated heterocycles. The van der Waals surface area contributed by atoms with Gasteiger partial charge in [0.1, 0.15) is 5.75 Å². The molecule has 1 aromatic carbocycles. The van der Waals surface area contributed by atoms with Crippen molar-refractivity contribution >= 4 is 23.0 Å². The number of rotatable bonds is 3. The lowest BCUT2D eigenvalue weighted by atomic mass is 10.2. The Labute approximate surface area is 109 Å². The molecule has 0 aliphatic rings. The lowest BCUT2D eigenvalue weighted by molar-refractivity contribution is 0.417. The normalized spacial score (nSPS) is 10.1. The summed E-state index contributed by atoms with van der Waals surface area (Å²) in [5.74, 6) is 1.56. The van der Waals surface area contributed by atoms with Crippen molar-refractivity contribution in [1.29, 1.82) is 0 Å². The molecule has 0 radical (unpaired) electrons. The zero-order valence-electron chi connectivity index (χ0n) is 9.93. The summed E-state index contributed by atoms with van der Waals surface area (Å²) in [5.41, 5.74) is 6.86. The maximum atomic E-state index is 5.45. The summed E-state index contributed by atoms with van der Waals surface area (Å²) >= 11 is 4.81. The minimum atomic E-state index is 0.159. The van der Waals surface area contributed by atoms with Crippen molar-refractivity contribution in [2.75, 3.05) is 12.4 Å². The van der Waals surface area contributed by atoms with Crippen molar-refractivity contribution in [2.45, 2.75) is 6.92 Å². The first-order valence-corrected chi connectivity index (χ1v) is 5.56. The monoisotopic (exact) mass is 264 g/mol. The molecule has 3 N–H and O–H groups in total. The molecule has 1 aromatic heterocycles. The molecule has 2 rings (SSSR count). The predicted molar refractivity (Wildman–Crippen MR) is 71.4 cm³/mol. The summed E-state index contributed by atoms with van der Waals surface area (Å²) in [6, 6.07) is 5.37. The fourth-order valence-electron chi connectivity index (χ4n) is 1.48. The summed E-state index contributed by atoms with van der Waals surface area (Å²) in [5, 5.41) is 10.7.